The molecule has 0 fully saturated rings. The van der Waals surface area contributed by atoms with Gasteiger partial charge in [0.2, 0.25) is 0 Å². The van der Waals surface area contributed by atoms with Crippen molar-refractivity contribution in [3.05, 3.63) is 65.7 Å². The molecular weight excluding hydrogens is 232 g/mol. The third-order valence-corrected chi connectivity index (χ3v) is 2.59. The van der Waals surface area contributed by atoms with Gasteiger partial charge in [0.05, 0.1) is 6.33 Å². The molecule has 0 aliphatic carbocycles. The lowest BCUT2D eigenvalue weighted by molar-refractivity contribution is 1.14. The van der Waals surface area contributed by atoms with Gasteiger partial charge < -0.3 is 4.57 Å². The van der Waals surface area contributed by atoms with Gasteiger partial charge >= 0.3 is 0 Å². The van der Waals surface area contributed by atoms with Gasteiger partial charge in [-0.05, 0) is 30.2 Å². The highest BCUT2D eigenvalue weighted by Crippen LogP contribution is 2.19. The fourth-order valence-electron chi connectivity index (χ4n) is 1.54. The van der Waals surface area contributed by atoms with Gasteiger partial charge in [-0.1, -0.05) is 35.9 Å². The van der Waals surface area contributed by atoms with Crippen molar-refractivity contribution in [2.45, 2.75) is 6.92 Å². The van der Waals surface area contributed by atoms with Crippen molar-refractivity contribution in [2.75, 3.05) is 0 Å². The molecule has 2 rings (SSSR count). The highest BCUT2D eigenvalue weighted by atomic mass is 35.5. The largest absolute Gasteiger partial charge is 0.313 e. The third-order valence-electron chi connectivity index (χ3n) is 2.34. The molecule has 0 aliphatic heterocycles. The summed E-state index contributed by atoms with van der Waals surface area (Å²) in [5.41, 5.74) is 2.24. The van der Waals surface area contributed by atoms with E-state index in [2.05, 4.69) is 11.1 Å². The van der Waals surface area contributed by atoms with Crippen molar-refractivity contribution in [3.8, 4) is 0 Å². The number of benzene rings is 1. The summed E-state index contributed by atoms with van der Waals surface area (Å²) in [4.78, 5) is 4.02. The molecule has 1 aromatic carbocycles. The normalized spacial score (nSPS) is 12.2. The van der Waals surface area contributed by atoms with Crippen LogP contribution < -0.4 is 0 Å². The number of imidazole rings is 1. The maximum Gasteiger partial charge on any atom is 0.0986 e. The van der Waals surface area contributed by atoms with E-state index in [1.165, 1.54) is 0 Å². The zero-order valence-electron chi connectivity index (χ0n) is 9.55. The van der Waals surface area contributed by atoms with Crippen LogP contribution in [0.3, 0.4) is 0 Å². The molecule has 2 nitrogen and oxygen atoms in total. The average Bonchev–Trinajstić information content (AvgIpc) is 2.82. The SMILES string of the molecule is CC=CC(=Cn1ccnc1)c1ccc(Cl)cc1. The van der Waals surface area contributed by atoms with Crippen LogP contribution >= 0.6 is 11.6 Å². The van der Waals surface area contributed by atoms with E-state index < -0.39 is 0 Å². The molecule has 1 heterocycles. The van der Waals surface area contributed by atoms with E-state index in [4.69, 9.17) is 11.6 Å². The second kappa shape index (κ2) is 5.51. The van der Waals surface area contributed by atoms with Gasteiger partial charge in [0.25, 0.3) is 0 Å². The third kappa shape index (κ3) is 3.08. The van der Waals surface area contributed by atoms with E-state index in [0.29, 0.717) is 0 Å². The van der Waals surface area contributed by atoms with E-state index >= 15 is 0 Å². The number of rotatable bonds is 3. The number of nitrogens with zero attached hydrogens (tertiary/aromatic N) is 2. The molecular formula is C14H13ClN2. The minimum atomic E-state index is 0.746. The summed E-state index contributed by atoms with van der Waals surface area (Å²) in [5, 5.41) is 0.746. The number of hydrogen-bond acceptors (Lipinski definition) is 1. The van der Waals surface area contributed by atoms with Gasteiger partial charge in [-0.15, -0.1) is 0 Å². The monoisotopic (exact) mass is 244 g/mol. The van der Waals surface area contributed by atoms with Crippen LogP contribution in [0.15, 0.2) is 55.1 Å². The fraction of sp³-hybridized carbons (Fsp3) is 0.0714. The molecule has 17 heavy (non-hydrogen) atoms. The highest BCUT2D eigenvalue weighted by molar-refractivity contribution is 6.30. The molecule has 0 atom stereocenters. The lowest BCUT2D eigenvalue weighted by Crippen LogP contribution is -1.86. The number of halogens is 1. The van der Waals surface area contributed by atoms with E-state index in [0.717, 1.165) is 16.2 Å². The summed E-state index contributed by atoms with van der Waals surface area (Å²) in [6.45, 7) is 2.00. The average molecular weight is 245 g/mol. The van der Waals surface area contributed by atoms with Gasteiger partial charge in [0, 0.05) is 23.6 Å². The van der Waals surface area contributed by atoms with Crippen LogP contribution in [0.1, 0.15) is 12.5 Å². The molecule has 0 aliphatic rings. The number of hydrogen-bond donors (Lipinski definition) is 0. The first-order valence-electron chi connectivity index (χ1n) is 5.37. The fourth-order valence-corrected chi connectivity index (χ4v) is 1.67. The molecule has 0 N–H and O–H groups in total. The standard InChI is InChI=1S/C14H13ClN2/c1-2-3-13(10-17-9-8-16-11-17)12-4-6-14(15)7-5-12/h2-11H,1H3. The van der Waals surface area contributed by atoms with Crippen molar-refractivity contribution < 1.29 is 0 Å². The van der Waals surface area contributed by atoms with E-state index in [1.807, 2.05) is 54.2 Å². The first-order chi connectivity index (χ1) is 8.29. The van der Waals surface area contributed by atoms with Crippen LogP contribution in [0, 0.1) is 0 Å². The van der Waals surface area contributed by atoms with E-state index in [-0.39, 0.29) is 0 Å². The molecule has 0 saturated carbocycles. The Morgan fingerprint density at radius 1 is 1.29 bits per heavy atom. The molecule has 3 heteroatoms. The zero-order chi connectivity index (χ0) is 12.1. The summed E-state index contributed by atoms with van der Waals surface area (Å²) in [6, 6.07) is 7.79. The van der Waals surface area contributed by atoms with Gasteiger partial charge in [0.15, 0.2) is 0 Å². The Labute approximate surface area is 106 Å². The number of aromatic nitrogens is 2. The Hall–Kier alpha value is -1.80. The predicted octanol–water partition coefficient (Wildman–Crippen LogP) is 4.11. The van der Waals surface area contributed by atoms with Crippen LogP contribution in [-0.4, -0.2) is 9.55 Å². The summed E-state index contributed by atoms with van der Waals surface area (Å²) in [5.74, 6) is 0. The molecule has 86 valence electrons. The Bertz CT molecular complexity index is 522. The molecule has 0 spiro atoms. The lowest BCUT2D eigenvalue weighted by atomic mass is 10.1. The molecule has 2 aromatic rings. The Morgan fingerprint density at radius 2 is 2.06 bits per heavy atom. The van der Waals surface area contributed by atoms with Crippen LogP contribution in [0.2, 0.25) is 5.02 Å². The Balaban J connectivity index is 2.39. The molecule has 0 amide bonds. The molecule has 0 saturated heterocycles. The van der Waals surface area contributed by atoms with Gasteiger partial charge in [-0.2, -0.15) is 0 Å². The van der Waals surface area contributed by atoms with E-state index in [9.17, 15) is 0 Å². The summed E-state index contributed by atoms with van der Waals surface area (Å²) in [7, 11) is 0. The van der Waals surface area contributed by atoms with Gasteiger partial charge in [-0.25, -0.2) is 4.98 Å². The van der Waals surface area contributed by atoms with Crippen molar-refractivity contribution in [1.29, 1.82) is 0 Å². The van der Waals surface area contributed by atoms with Crippen molar-refractivity contribution >= 4 is 23.4 Å². The maximum absolute atomic E-state index is 5.88. The van der Waals surface area contributed by atoms with Gasteiger partial charge in [0.1, 0.15) is 0 Å². The lowest BCUT2D eigenvalue weighted by Gasteiger charge is -2.03. The second-order valence-corrected chi connectivity index (χ2v) is 4.04. The Morgan fingerprint density at radius 3 is 2.65 bits per heavy atom. The van der Waals surface area contributed by atoms with E-state index in [1.54, 1.807) is 12.5 Å². The number of allylic oxidation sites excluding steroid dienone is 3. The molecule has 1 aromatic heterocycles. The molecule has 0 unspecified atom stereocenters. The van der Waals surface area contributed by atoms with Crippen molar-refractivity contribution in [3.63, 3.8) is 0 Å². The quantitative estimate of drug-likeness (QED) is 0.743. The summed E-state index contributed by atoms with van der Waals surface area (Å²) >= 11 is 5.88. The predicted molar refractivity (Wildman–Crippen MR) is 72.7 cm³/mol. The van der Waals surface area contributed by atoms with Crippen LogP contribution in [0.25, 0.3) is 11.8 Å². The Kier molecular flexibility index (Phi) is 3.78. The highest BCUT2D eigenvalue weighted by Gasteiger charge is 1.98. The minimum absolute atomic E-state index is 0.746. The molecule has 0 radical (unpaired) electrons. The van der Waals surface area contributed by atoms with Gasteiger partial charge in [-0.3, -0.25) is 0 Å². The molecule has 0 bridgehead atoms. The summed E-state index contributed by atoms with van der Waals surface area (Å²) < 4.78 is 1.92. The van der Waals surface area contributed by atoms with Crippen LogP contribution in [-0.2, 0) is 0 Å². The smallest absolute Gasteiger partial charge is 0.0986 e. The summed E-state index contributed by atoms with van der Waals surface area (Å²) in [6.07, 6.45) is 11.5. The maximum atomic E-state index is 5.88. The second-order valence-electron chi connectivity index (χ2n) is 3.60. The van der Waals surface area contributed by atoms with Crippen LogP contribution in [0.5, 0.6) is 0 Å². The first-order valence-corrected chi connectivity index (χ1v) is 5.75. The van der Waals surface area contributed by atoms with Crippen LogP contribution in [0.4, 0.5) is 0 Å². The van der Waals surface area contributed by atoms with Crippen molar-refractivity contribution in [1.82, 2.24) is 9.55 Å². The van der Waals surface area contributed by atoms with Crippen molar-refractivity contribution in [2.24, 2.45) is 0 Å². The zero-order valence-corrected chi connectivity index (χ0v) is 10.3. The minimum Gasteiger partial charge on any atom is -0.313 e. The topological polar surface area (TPSA) is 17.8 Å². The first kappa shape index (κ1) is 11.7.